The summed E-state index contributed by atoms with van der Waals surface area (Å²) in [6, 6.07) is 12.5. The summed E-state index contributed by atoms with van der Waals surface area (Å²) < 4.78 is 13.1. The Morgan fingerprint density at radius 1 is 1.05 bits per heavy atom. The van der Waals surface area contributed by atoms with Gasteiger partial charge in [-0.3, -0.25) is 0 Å². The molecule has 0 radical (unpaired) electrons. The summed E-state index contributed by atoms with van der Waals surface area (Å²) >= 11 is 5.74. The van der Waals surface area contributed by atoms with E-state index in [1.165, 1.54) is 11.6 Å². The van der Waals surface area contributed by atoms with Crippen LogP contribution in [-0.4, -0.2) is 5.11 Å². The highest BCUT2D eigenvalue weighted by Crippen LogP contribution is 2.23. The first kappa shape index (κ1) is 15.0. The number of hydrogen-bond acceptors (Lipinski definition) is 1. The number of aliphatic hydroxyl groups is 1. The Hall–Kier alpha value is -1.38. The quantitative estimate of drug-likeness (QED) is 0.851. The molecule has 1 nitrogen and oxygen atoms in total. The maximum atomic E-state index is 13.1. The van der Waals surface area contributed by atoms with Crippen LogP contribution < -0.4 is 0 Å². The molecule has 1 unspecified atom stereocenters. The van der Waals surface area contributed by atoms with E-state index in [2.05, 4.69) is 13.8 Å². The van der Waals surface area contributed by atoms with Crippen LogP contribution in [0.5, 0.6) is 0 Å². The first-order chi connectivity index (χ1) is 9.47. The van der Waals surface area contributed by atoms with Crippen LogP contribution >= 0.6 is 11.6 Å². The molecule has 2 aromatic rings. The van der Waals surface area contributed by atoms with Gasteiger partial charge in [-0.15, -0.1) is 0 Å². The maximum Gasteiger partial charge on any atom is 0.141 e. The highest BCUT2D eigenvalue weighted by atomic mass is 35.5. The van der Waals surface area contributed by atoms with Gasteiger partial charge >= 0.3 is 0 Å². The Labute approximate surface area is 124 Å². The Morgan fingerprint density at radius 3 is 2.20 bits per heavy atom. The number of hydrogen-bond donors (Lipinski definition) is 1. The molecule has 0 spiro atoms. The van der Waals surface area contributed by atoms with E-state index in [-0.39, 0.29) is 5.02 Å². The van der Waals surface area contributed by atoms with Crippen molar-refractivity contribution in [2.75, 3.05) is 0 Å². The first-order valence-electron chi connectivity index (χ1n) is 6.69. The Morgan fingerprint density at radius 2 is 1.65 bits per heavy atom. The molecule has 0 fully saturated rings. The predicted molar refractivity (Wildman–Crippen MR) is 80.6 cm³/mol. The molecule has 0 aliphatic rings. The molecule has 2 aromatic carbocycles. The van der Waals surface area contributed by atoms with Crippen molar-refractivity contribution in [2.45, 2.75) is 32.3 Å². The predicted octanol–water partition coefficient (Wildman–Crippen LogP) is 4.88. The van der Waals surface area contributed by atoms with E-state index in [1.54, 1.807) is 12.1 Å². The molecule has 2 rings (SSSR count). The van der Waals surface area contributed by atoms with Crippen LogP contribution in [0.4, 0.5) is 4.39 Å². The summed E-state index contributed by atoms with van der Waals surface area (Å²) in [5.41, 5.74) is 2.91. The van der Waals surface area contributed by atoms with Crippen molar-refractivity contribution >= 4 is 11.6 Å². The lowest BCUT2D eigenvalue weighted by Crippen LogP contribution is -2.02. The molecule has 0 heterocycles. The second-order valence-electron chi connectivity index (χ2n) is 5.29. The summed E-state index contributed by atoms with van der Waals surface area (Å²) in [4.78, 5) is 0. The summed E-state index contributed by atoms with van der Waals surface area (Å²) in [6.07, 6.45) is -0.196. The molecule has 0 bridgehead atoms. The van der Waals surface area contributed by atoms with Crippen LogP contribution in [0.2, 0.25) is 5.02 Å². The molecule has 3 heteroatoms. The van der Waals surface area contributed by atoms with Crippen LogP contribution in [0.3, 0.4) is 0 Å². The summed E-state index contributed by atoms with van der Waals surface area (Å²) in [7, 11) is 0. The SMILES string of the molecule is CC(C)c1ccc(C(O)Cc2ccc(F)c(Cl)c2)cc1. The minimum Gasteiger partial charge on any atom is -0.388 e. The minimum atomic E-state index is -0.613. The Kier molecular flexibility index (Phi) is 4.79. The molecule has 1 atom stereocenters. The summed E-state index contributed by atoms with van der Waals surface area (Å²) in [5, 5.41) is 10.3. The van der Waals surface area contributed by atoms with Gasteiger partial charge in [0.05, 0.1) is 11.1 Å². The van der Waals surface area contributed by atoms with Crippen molar-refractivity contribution in [3.8, 4) is 0 Å². The van der Waals surface area contributed by atoms with Crippen molar-refractivity contribution < 1.29 is 9.50 Å². The van der Waals surface area contributed by atoms with E-state index in [0.717, 1.165) is 11.1 Å². The van der Waals surface area contributed by atoms with Gasteiger partial charge in [-0.2, -0.15) is 0 Å². The third kappa shape index (κ3) is 3.59. The van der Waals surface area contributed by atoms with Gasteiger partial charge in [0.1, 0.15) is 5.82 Å². The molecule has 106 valence electrons. The average Bonchev–Trinajstić information content (AvgIpc) is 2.43. The summed E-state index contributed by atoms with van der Waals surface area (Å²) in [5.74, 6) is 0.0308. The molecule has 0 aliphatic heterocycles. The molecule has 0 aliphatic carbocycles. The second-order valence-corrected chi connectivity index (χ2v) is 5.70. The normalized spacial score (nSPS) is 12.7. The first-order valence-corrected chi connectivity index (χ1v) is 7.07. The third-order valence-electron chi connectivity index (χ3n) is 3.40. The lowest BCUT2D eigenvalue weighted by Gasteiger charge is -2.13. The van der Waals surface area contributed by atoms with Gasteiger partial charge in [0.15, 0.2) is 0 Å². The smallest absolute Gasteiger partial charge is 0.141 e. The van der Waals surface area contributed by atoms with E-state index in [9.17, 15) is 9.50 Å². The van der Waals surface area contributed by atoms with Crippen molar-refractivity contribution in [1.82, 2.24) is 0 Å². The third-order valence-corrected chi connectivity index (χ3v) is 3.69. The van der Waals surface area contributed by atoms with Crippen molar-refractivity contribution in [1.29, 1.82) is 0 Å². The van der Waals surface area contributed by atoms with Crippen LogP contribution in [0.25, 0.3) is 0 Å². The van der Waals surface area contributed by atoms with E-state index in [1.807, 2.05) is 24.3 Å². The van der Waals surface area contributed by atoms with Crippen molar-refractivity contribution in [3.63, 3.8) is 0 Å². The molecule has 0 amide bonds. The van der Waals surface area contributed by atoms with Gasteiger partial charge in [-0.25, -0.2) is 4.39 Å². The Balaban J connectivity index is 2.10. The fourth-order valence-corrected chi connectivity index (χ4v) is 2.31. The molecule has 1 N–H and O–H groups in total. The topological polar surface area (TPSA) is 20.2 Å². The molecule has 20 heavy (non-hydrogen) atoms. The standard InChI is InChI=1S/C17H18ClFO/c1-11(2)13-4-6-14(7-5-13)17(20)10-12-3-8-16(19)15(18)9-12/h3-9,11,17,20H,10H2,1-2H3. The van der Waals surface area contributed by atoms with Gasteiger partial charge in [0.2, 0.25) is 0 Å². The Bertz CT molecular complexity index is 578. The van der Waals surface area contributed by atoms with Gasteiger partial charge < -0.3 is 5.11 Å². The van der Waals surface area contributed by atoms with E-state index < -0.39 is 11.9 Å². The zero-order valence-corrected chi connectivity index (χ0v) is 12.4. The maximum absolute atomic E-state index is 13.1. The second kappa shape index (κ2) is 6.38. The van der Waals surface area contributed by atoms with Crippen molar-refractivity contribution in [2.24, 2.45) is 0 Å². The molecule has 0 saturated heterocycles. The van der Waals surface area contributed by atoms with Gasteiger partial charge in [-0.05, 0) is 34.7 Å². The fourth-order valence-electron chi connectivity index (χ4n) is 2.11. The van der Waals surface area contributed by atoms with Gasteiger partial charge in [0, 0.05) is 6.42 Å². The van der Waals surface area contributed by atoms with Crippen LogP contribution in [0, 0.1) is 5.82 Å². The van der Waals surface area contributed by atoms with Crippen molar-refractivity contribution in [3.05, 3.63) is 70.0 Å². The molecular weight excluding hydrogens is 275 g/mol. The van der Waals surface area contributed by atoms with E-state index in [0.29, 0.717) is 12.3 Å². The lowest BCUT2D eigenvalue weighted by molar-refractivity contribution is 0.178. The number of halogens is 2. The number of aliphatic hydroxyl groups excluding tert-OH is 1. The number of rotatable bonds is 4. The zero-order chi connectivity index (χ0) is 14.7. The van der Waals surface area contributed by atoms with E-state index in [4.69, 9.17) is 11.6 Å². The molecule has 0 aromatic heterocycles. The molecule has 0 saturated carbocycles. The van der Waals surface area contributed by atoms with Gasteiger partial charge in [0.25, 0.3) is 0 Å². The summed E-state index contributed by atoms with van der Waals surface area (Å²) in [6.45, 7) is 4.26. The van der Waals surface area contributed by atoms with Gasteiger partial charge in [-0.1, -0.05) is 55.8 Å². The minimum absolute atomic E-state index is 0.0878. The highest BCUT2D eigenvalue weighted by Gasteiger charge is 2.10. The molecular formula is C17H18ClFO. The van der Waals surface area contributed by atoms with E-state index >= 15 is 0 Å². The average molecular weight is 293 g/mol. The number of benzene rings is 2. The largest absolute Gasteiger partial charge is 0.388 e. The van der Waals surface area contributed by atoms with Crippen LogP contribution in [0.15, 0.2) is 42.5 Å². The van der Waals surface area contributed by atoms with Crippen LogP contribution in [0.1, 0.15) is 42.6 Å². The highest BCUT2D eigenvalue weighted by molar-refractivity contribution is 6.30. The monoisotopic (exact) mass is 292 g/mol. The lowest BCUT2D eigenvalue weighted by atomic mass is 9.97. The fraction of sp³-hybridized carbons (Fsp3) is 0.294. The zero-order valence-electron chi connectivity index (χ0n) is 11.6. The van der Waals surface area contributed by atoms with Crippen LogP contribution in [-0.2, 0) is 6.42 Å².